The van der Waals surface area contributed by atoms with Crippen LogP contribution < -0.4 is 15.2 Å². The van der Waals surface area contributed by atoms with E-state index in [4.69, 9.17) is 15.2 Å². The first-order valence-corrected chi connectivity index (χ1v) is 6.75. The van der Waals surface area contributed by atoms with Crippen LogP contribution in [0.4, 0.5) is 0 Å². The summed E-state index contributed by atoms with van der Waals surface area (Å²) >= 11 is 3.55. The number of hydrogen-bond donors (Lipinski definition) is 1. The molecule has 2 N–H and O–H groups in total. The van der Waals surface area contributed by atoms with Crippen molar-refractivity contribution >= 4 is 15.9 Å². The van der Waals surface area contributed by atoms with E-state index in [9.17, 15) is 0 Å². The summed E-state index contributed by atoms with van der Waals surface area (Å²) in [5.74, 6) is 1.58. The van der Waals surface area contributed by atoms with Crippen molar-refractivity contribution < 1.29 is 9.47 Å². The predicted molar refractivity (Wildman–Crippen MR) is 69.4 cm³/mol. The number of nitrogens with two attached hydrogens (primary N) is 1. The number of halogens is 1. The van der Waals surface area contributed by atoms with Crippen LogP contribution in [0, 0.1) is 0 Å². The van der Waals surface area contributed by atoms with Gasteiger partial charge < -0.3 is 15.2 Å². The molecule has 3 rings (SSSR count). The minimum absolute atomic E-state index is 0.145. The van der Waals surface area contributed by atoms with E-state index in [2.05, 4.69) is 22.0 Å². The Morgan fingerprint density at radius 3 is 2.59 bits per heavy atom. The molecule has 3 nitrogen and oxygen atoms in total. The Bertz CT molecular complexity index is 453. The topological polar surface area (TPSA) is 44.5 Å². The van der Waals surface area contributed by atoms with Crippen LogP contribution >= 0.6 is 15.9 Å². The second-order valence-corrected chi connectivity index (χ2v) is 5.82. The number of benzene rings is 1. The molecule has 0 unspecified atom stereocenters. The first-order chi connectivity index (χ1) is 8.12. The van der Waals surface area contributed by atoms with Crippen LogP contribution in [0.15, 0.2) is 16.6 Å². The third-order valence-corrected chi connectivity index (χ3v) is 3.99. The highest BCUT2D eigenvalue weighted by Gasteiger charge is 2.41. The molecule has 0 saturated heterocycles. The van der Waals surface area contributed by atoms with Crippen molar-refractivity contribution in [2.24, 2.45) is 5.73 Å². The van der Waals surface area contributed by atoms with E-state index >= 15 is 0 Å². The maximum Gasteiger partial charge on any atom is 0.175 e. The van der Waals surface area contributed by atoms with E-state index in [1.807, 2.05) is 6.07 Å². The Balaban J connectivity index is 1.97. The van der Waals surface area contributed by atoms with Gasteiger partial charge in [-0.3, -0.25) is 0 Å². The van der Waals surface area contributed by atoms with Gasteiger partial charge in [0.25, 0.3) is 0 Å². The average molecular weight is 298 g/mol. The summed E-state index contributed by atoms with van der Waals surface area (Å²) < 4.78 is 12.2. The lowest BCUT2D eigenvalue weighted by Crippen LogP contribution is -2.18. The summed E-state index contributed by atoms with van der Waals surface area (Å²) in [7, 11) is 1.67. The lowest BCUT2D eigenvalue weighted by Gasteiger charge is -2.16. The van der Waals surface area contributed by atoms with Crippen molar-refractivity contribution in [3.63, 3.8) is 0 Å². The number of rotatable bonds is 4. The fraction of sp³-hybridized carbons (Fsp3) is 0.538. The van der Waals surface area contributed by atoms with Crippen LogP contribution in [-0.4, -0.2) is 13.2 Å². The smallest absolute Gasteiger partial charge is 0.175 e. The maximum atomic E-state index is 6.21. The molecule has 0 atom stereocenters. The Morgan fingerprint density at radius 2 is 2.06 bits per heavy atom. The van der Waals surface area contributed by atoms with Gasteiger partial charge in [0.05, 0.1) is 17.7 Å². The van der Waals surface area contributed by atoms with Crippen molar-refractivity contribution in [3.05, 3.63) is 22.2 Å². The van der Waals surface area contributed by atoms with Crippen molar-refractivity contribution in [3.8, 4) is 11.5 Å². The number of ether oxygens (including phenoxy) is 2. The molecule has 2 fully saturated rings. The molecule has 2 aliphatic carbocycles. The summed E-state index contributed by atoms with van der Waals surface area (Å²) in [6, 6.07) is 4.07. The molecule has 0 amide bonds. The molecule has 0 heterocycles. The molecule has 17 heavy (non-hydrogen) atoms. The highest BCUT2D eigenvalue weighted by atomic mass is 79.9. The van der Waals surface area contributed by atoms with Crippen LogP contribution in [0.3, 0.4) is 0 Å². The Labute approximate surface area is 109 Å². The first-order valence-electron chi connectivity index (χ1n) is 5.96. The second-order valence-electron chi connectivity index (χ2n) is 4.96. The van der Waals surface area contributed by atoms with Crippen LogP contribution in [-0.2, 0) is 5.54 Å². The second kappa shape index (κ2) is 3.89. The van der Waals surface area contributed by atoms with Crippen molar-refractivity contribution in [1.29, 1.82) is 0 Å². The van der Waals surface area contributed by atoms with Gasteiger partial charge in [-0.1, -0.05) is 0 Å². The minimum atomic E-state index is -0.145. The third-order valence-electron chi connectivity index (χ3n) is 3.40. The molecular weight excluding hydrogens is 282 g/mol. The summed E-state index contributed by atoms with van der Waals surface area (Å²) in [6.07, 6.45) is 4.73. The summed E-state index contributed by atoms with van der Waals surface area (Å²) in [5.41, 5.74) is 7.19. The molecule has 92 valence electrons. The van der Waals surface area contributed by atoms with Crippen molar-refractivity contribution in [1.82, 2.24) is 0 Å². The van der Waals surface area contributed by atoms with E-state index in [-0.39, 0.29) is 5.54 Å². The van der Waals surface area contributed by atoms with Gasteiger partial charge in [0.15, 0.2) is 11.5 Å². The van der Waals surface area contributed by atoms with Gasteiger partial charge in [-0.15, -0.1) is 0 Å². The lowest BCUT2D eigenvalue weighted by atomic mass is 10.1. The quantitative estimate of drug-likeness (QED) is 0.929. The van der Waals surface area contributed by atoms with Gasteiger partial charge in [0.1, 0.15) is 0 Å². The summed E-state index contributed by atoms with van der Waals surface area (Å²) in [5, 5.41) is 0. The standard InChI is InChI=1S/C13H16BrNO2/c1-16-11-7-8(13(15)4-5-13)6-10(14)12(11)17-9-2-3-9/h6-7,9H,2-5,15H2,1H3. The van der Waals surface area contributed by atoms with Gasteiger partial charge in [0.2, 0.25) is 0 Å². The minimum Gasteiger partial charge on any atom is -0.493 e. The molecule has 0 aliphatic heterocycles. The van der Waals surface area contributed by atoms with E-state index in [1.54, 1.807) is 7.11 Å². The van der Waals surface area contributed by atoms with Crippen molar-refractivity contribution in [2.45, 2.75) is 37.3 Å². The van der Waals surface area contributed by atoms with Crippen molar-refractivity contribution in [2.75, 3.05) is 7.11 Å². The molecule has 0 bridgehead atoms. The molecular formula is C13H16BrNO2. The normalized spacial score (nSPS) is 21.1. The third kappa shape index (κ3) is 2.16. The highest BCUT2D eigenvalue weighted by Crippen LogP contribution is 2.48. The number of methoxy groups -OCH3 is 1. The van der Waals surface area contributed by atoms with E-state index in [0.29, 0.717) is 6.10 Å². The van der Waals surface area contributed by atoms with E-state index < -0.39 is 0 Å². The van der Waals surface area contributed by atoms with Gasteiger partial charge in [0, 0.05) is 5.54 Å². The van der Waals surface area contributed by atoms with Crippen LogP contribution in [0.1, 0.15) is 31.2 Å². The zero-order valence-corrected chi connectivity index (χ0v) is 11.4. The molecule has 0 radical (unpaired) electrons. The fourth-order valence-electron chi connectivity index (χ4n) is 1.90. The first kappa shape index (κ1) is 11.4. The number of hydrogen-bond acceptors (Lipinski definition) is 3. The zero-order chi connectivity index (χ0) is 12.0. The Morgan fingerprint density at radius 1 is 1.35 bits per heavy atom. The Kier molecular flexibility index (Phi) is 2.60. The van der Waals surface area contributed by atoms with E-state index in [0.717, 1.165) is 47.2 Å². The van der Waals surface area contributed by atoms with Gasteiger partial charge >= 0.3 is 0 Å². The monoisotopic (exact) mass is 297 g/mol. The van der Waals surface area contributed by atoms with E-state index in [1.165, 1.54) is 0 Å². The van der Waals surface area contributed by atoms with Gasteiger partial charge in [-0.25, -0.2) is 0 Å². The zero-order valence-electron chi connectivity index (χ0n) is 9.83. The Hall–Kier alpha value is -0.740. The average Bonchev–Trinajstić information content (AvgIpc) is 3.19. The molecule has 4 heteroatoms. The van der Waals surface area contributed by atoms with Gasteiger partial charge in [-0.05, 0) is 59.3 Å². The van der Waals surface area contributed by atoms with Crippen LogP contribution in [0.25, 0.3) is 0 Å². The lowest BCUT2D eigenvalue weighted by molar-refractivity contribution is 0.280. The maximum absolute atomic E-state index is 6.21. The summed E-state index contributed by atoms with van der Waals surface area (Å²) in [6.45, 7) is 0. The molecule has 0 aromatic heterocycles. The van der Waals surface area contributed by atoms with Crippen LogP contribution in [0.2, 0.25) is 0 Å². The van der Waals surface area contributed by atoms with Crippen LogP contribution in [0.5, 0.6) is 11.5 Å². The SMILES string of the molecule is COc1cc(C2(N)CC2)cc(Br)c1OC1CC1. The largest absolute Gasteiger partial charge is 0.493 e. The molecule has 2 aliphatic rings. The molecule has 2 saturated carbocycles. The highest BCUT2D eigenvalue weighted by molar-refractivity contribution is 9.10. The molecule has 1 aromatic rings. The molecule has 1 aromatic carbocycles. The predicted octanol–water partition coefficient (Wildman–Crippen LogP) is 2.95. The summed E-state index contributed by atoms with van der Waals surface area (Å²) in [4.78, 5) is 0. The molecule has 0 spiro atoms. The fourth-order valence-corrected chi connectivity index (χ4v) is 2.43. The van der Waals surface area contributed by atoms with Gasteiger partial charge in [-0.2, -0.15) is 0 Å².